The van der Waals surface area contributed by atoms with Crippen LogP contribution in [0.3, 0.4) is 0 Å². The number of hydrogen-bond donors (Lipinski definition) is 2. The molecule has 0 aliphatic rings. The van der Waals surface area contributed by atoms with Crippen LogP contribution in [0, 0.1) is 20.8 Å². The summed E-state index contributed by atoms with van der Waals surface area (Å²) in [4.78, 5) is 27.7. The minimum atomic E-state index is -0.165. The first kappa shape index (κ1) is 20.6. The van der Waals surface area contributed by atoms with Crippen molar-refractivity contribution in [3.63, 3.8) is 0 Å². The van der Waals surface area contributed by atoms with E-state index in [2.05, 4.69) is 15.4 Å². The molecule has 154 valence electrons. The molecule has 0 saturated heterocycles. The fourth-order valence-corrected chi connectivity index (χ4v) is 3.61. The lowest BCUT2D eigenvalue weighted by molar-refractivity contribution is -0.121. The molecular formula is C22H28N4O3. The smallest absolute Gasteiger partial charge is 0.253 e. The van der Waals surface area contributed by atoms with E-state index >= 15 is 0 Å². The summed E-state index contributed by atoms with van der Waals surface area (Å²) >= 11 is 0. The van der Waals surface area contributed by atoms with Crippen molar-refractivity contribution >= 4 is 16.9 Å². The van der Waals surface area contributed by atoms with E-state index in [9.17, 15) is 9.59 Å². The average Bonchev–Trinajstić information content (AvgIpc) is 2.93. The predicted octanol–water partition coefficient (Wildman–Crippen LogP) is 2.70. The topological polar surface area (TPSA) is 89.0 Å². The molecule has 0 aliphatic heterocycles. The van der Waals surface area contributed by atoms with E-state index < -0.39 is 0 Å². The molecule has 3 aromatic rings. The molecule has 1 aromatic carbocycles. The van der Waals surface area contributed by atoms with Gasteiger partial charge in [-0.15, -0.1) is 0 Å². The molecule has 0 radical (unpaired) electrons. The number of fused-ring (bicyclic) bond motifs is 1. The van der Waals surface area contributed by atoms with Gasteiger partial charge < -0.3 is 15.0 Å². The number of benzene rings is 1. The van der Waals surface area contributed by atoms with Crippen LogP contribution in [0.4, 0.5) is 0 Å². The number of rotatable bonds is 7. The molecule has 0 spiro atoms. The molecule has 7 heteroatoms. The van der Waals surface area contributed by atoms with Crippen molar-refractivity contribution < 1.29 is 9.53 Å². The van der Waals surface area contributed by atoms with E-state index in [1.165, 1.54) is 0 Å². The number of aryl methyl sites for hydroxylation is 4. The average molecular weight is 396 g/mol. The molecule has 3 rings (SSSR count). The van der Waals surface area contributed by atoms with Gasteiger partial charge in [0.05, 0.1) is 11.7 Å². The molecule has 1 amide bonds. The maximum atomic E-state index is 12.5. The summed E-state index contributed by atoms with van der Waals surface area (Å²) < 4.78 is 7.41. The number of nitrogens with one attached hydrogen (secondary N) is 2. The SMILES string of the molecule is Cc1cccc(OCC(C)NC(=O)CCc2c(C)c3c(C)nn(C)c3[nH]c2=O)c1. The first-order valence-electron chi connectivity index (χ1n) is 9.80. The van der Waals surface area contributed by atoms with Crippen LogP contribution < -0.4 is 15.6 Å². The number of carbonyl (C=O) groups excluding carboxylic acids is 1. The lowest BCUT2D eigenvalue weighted by Crippen LogP contribution is -2.37. The Morgan fingerprint density at radius 2 is 2.07 bits per heavy atom. The number of aromatic amines is 1. The first-order valence-corrected chi connectivity index (χ1v) is 9.80. The van der Waals surface area contributed by atoms with Gasteiger partial charge in [0, 0.05) is 24.4 Å². The van der Waals surface area contributed by atoms with Gasteiger partial charge in [0.25, 0.3) is 5.56 Å². The summed E-state index contributed by atoms with van der Waals surface area (Å²) in [6, 6.07) is 7.67. The number of hydrogen-bond acceptors (Lipinski definition) is 4. The van der Waals surface area contributed by atoms with Crippen LogP contribution in [-0.4, -0.2) is 33.3 Å². The molecule has 1 atom stereocenters. The summed E-state index contributed by atoms with van der Waals surface area (Å²) in [6.07, 6.45) is 0.617. The summed E-state index contributed by atoms with van der Waals surface area (Å²) in [5, 5.41) is 8.25. The zero-order valence-electron chi connectivity index (χ0n) is 17.6. The maximum absolute atomic E-state index is 12.5. The predicted molar refractivity (Wildman–Crippen MR) is 113 cm³/mol. The highest BCUT2D eigenvalue weighted by Gasteiger charge is 2.16. The van der Waals surface area contributed by atoms with E-state index in [1.807, 2.05) is 52.0 Å². The van der Waals surface area contributed by atoms with Gasteiger partial charge in [-0.2, -0.15) is 5.10 Å². The van der Waals surface area contributed by atoms with Crippen LogP contribution in [0.2, 0.25) is 0 Å². The van der Waals surface area contributed by atoms with Gasteiger partial charge >= 0.3 is 0 Å². The highest BCUT2D eigenvalue weighted by atomic mass is 16.5. The number of carbonyl (C=O) groups is 1. The third-order valence-corrected chi connectivity index (χ3v) is 5.05. The second-order valence-electron chi connectivity index (χ2n) is 7.59. The van der Waals surface area contributed by atoms with E-state index in [4.69, 9.17) is 4.74 Å². The van der Waals surface area contributed by atoms with Crippen molar-refractivity contribution in [1.82, 2.24) is 20.1 Å². The van der Waals surface area contributed by atoms with Crippen LogP contribution in [0.5, 0.6) is 5.75 Å². The number of amides is 1. The monoisotopic (exact) mass is 396 g/mol. The van der Waals surface area contributed by atoms with Gasteiger partial charge in [0.2, 0.25) is 5.91 Å². The number of nitrogens with zero attached hydrogens (tertiary/aromatic N) is 2. The quantitative estimate of drug-likeness (QED) is 0.643. The molecule has 0 aliphatic carbocycles. The Hall–Kier alpha value is -3.09. The minimum Gasteiger partial charge on any atom is -0.491 e. The van der Waals surface area contributed by atoms with Crippen molar-refractivity contribution in [3.05, 3.63) is 57.0 Å². The number of H-pyrrole nitrogens is 1. The Morgan fingerprint density at radius 1 is 1.31 bits per heavy atom. The van der Waals surface area contributed by atoms with Crippen molar-refractivity contribution in [3.8, 4) is 5.75 Å². The highest BCUT2D eigenvalue weighted by molar-refractivity contribution is 5.83. The molecule has 0 bridgehead atoms. The number of aromatic nitrogens is 3. The van der Waals surface area contributed by atoms with E-state index in [0.717, 1.165) is 28.0 Å². The third kappa shape index (κ3) is 4.67. The van der Waals surface area contributed by atoms with Crippen LogP contribution in [0.25, 0.3) is 11.0 Å². The molecule has 2 aromatic heterocycles. The zero-order valence-corrected chi connectivity index (χ0v) is 17.6. The maximum Gasteiger partial charge on any atom is 0.253 e. The van der Waals surface area contributed by atoms with Gasteiger partial charge in [0.1, 0.15) is 18.0 Å². The zero-order chi connectivity index (χ0) is 21.1. The molecule has 7 nitrogen and oxygen atoms in total. The van der Waals surface area contributed by atoms with Crippen molar-refractivity contribution in [2.45, 2.75) is 46.6 Å². The van der Waals surface area contributed by atoms with E-state index in [0.29, 0.717) is 24.2 Å². The number of pyridine rings is 1. The highest BCUT2D eigenvalue weighted by Crippen LogP contribution is 2.21. The van der Waals surface area contributed by atoms with Gasteiger partial charge in [0.15, 0.2) is 0 Å². The Labute approximate surface area is 170 Å². The molecule has 1 unspecified atom stereocenters. The van der Waals surface area contributed by atoms with Gasteiger partial charge in [-0.1, -0.05) is 12.1 Å². The summed E-state index contributed by atoms with van der Waals surface area (Å²) in [5.41, 5.74) is 4.05. The molecule has 2 heterocycles. The Morgan fingerprint density at radius 3 is 2.79 bits per heavy atom. The van der Waals surface area contributed by atoms with Crippen LogP contribution >= 0.6 is 0 Å². The lowest BCUT2D eigenvalue weighted by atomic mass is 10.0. The van der Waals surface area contributed by atoms with Crippen molar-refractivity contribution in [1.29, 1.82) is 0 Å². The molecule has 29 heavy (non-hydrogen) atoms. The Bertz CT molecular complexity index is 1100. The van der Waals surface area contributed by atoms with Gasteiger partial charge in [-0.3, -0.25) is 14.3 Å². The normalized spacial score (nSPS) is 12.2. The van der Waals surface area contributed by atoms with Crippen LogP contribution in [0.1, 0.15) is 35.7 Å². The van der Waals surface area contributed by atoms with E-state index in [-0.39, 0.29) is 23.9 Å². The van der Waals surface area contributed by atoms with Crippen LogP contribution in [0.15, 0.2) is 29.1 Å². The largest absolute Gasteiger partial charge is 0.491 e. The van der Waals surface area contributed by atoms with E-state index in [1.54, 1.807) is 11.7 Å². The van der Waals surface area contributed by atoms with Gasteiger partial charge in [-0.05, 0) is 57.4 Å². The lowest BCUT2D eigenvalue weighted by Gasteiger charge is -2.15. The van der Waals surface area contributed by atoms with Crippen LogP contribution in [-0.2, 0) is 18.3 Å². The molecule has 2 N–H and O–H groups in total. The second-order valence-corrected chi connectivity index (χ2v) is 7.59. The minimum absolute atomic E-state index is 0.104. The number of ether oxygens (including phenoxy) is 1. The Kier molecular flexibility index (Phi) is 6.06. The summed E-state index contributed by atoms with van der Waals surface area (Å²) in [6.45, 7) is 8.12. The molecule has 0 saturated carbocycles. The third-order valence-electron chi connectivity index (χ3n) is 5.05. The second kappa shape index (κ2) is 8.51. The summed E-state index contributed by atoms with van der Waals surface area (Å²) in [5.74, 6) is 0.681. The summed E-state index contributed by atoms with van der Waals surface area (Å²) in [7, 11) is 1.80. The molecular weight excluding hydrogens is 368 g/mol. The fourth-order valence-electron chi connectivity index (χ4n) is 3.61. The molecule has 0 fully saturated rings. The Balaban J connectivity index is 1.59. The van der Waals surface area contributed by atoms with Crippen molar-refractivity contribution in [2.75, 3.05) is 6.61 Å². The first-order chi connectivity index (χ1) is 13.8. The van der Waals surface area contributed by atoms with Crippen molar-refractivity contribution in [2.24, 2.45) is 7.05 Å². The fraction of sp³-hybridized carbons (Fsp3) is 0.409. The van der Waals surface area contributed by atoms with Gasteiger partial charge in [-0.25, -0.2) is 0 Å². The standard InChI is InChI=1S/C22H28N4O3/c1-13-7-6-8-17(11-13)29-12-14(2)23-19(27)10-9-18-15(3)20-16(4)25-26(5)21(20)24-22(18)28/h6-8,11,14H,9-10,12H2,1-5H3,(H,23,27)(H,24,28).